The molecular weight excluding hydrogens is 364 g/mol. The summed E-state index contributed by atoms with van der Waals surface area (Å²) in [6.45, 7) is 10.3. The van der Waals surface area contributed by atoms with Crippen LogP contribution in [0, 0.1) is 0 Å². The van der Waals surface area contributed by atoms with Crippen LogP contribution in [0.3, 0.4) is 0 Å². The van der Waals surface area contributed by atoms with Crippen molar-refractivity contribution in [3.05, 3.63) is 35.9 Å². The van der Waals surface area contributed by atoms with Gasteiger partial charge < -0.3 is 20.1 Å². The number of benzene rings is 1. The summed E-state index contributed by atoms with van der Waals surface area (Å²) < 4.78 is 11.3. The van der Waals surface area contributed by atoms with Crippen molar-refractivity contribution in [1.29, 1.82) is 0 Å². The molecular formula is C23H40N4O2. The molecule has 1 aliphatic rings. The molecule has 0 aliphatic carbocycles. The van der Waals surface area contributed by atoms with Gasteiger partial charge in [-0.05, 0) is 52.1 Å². The second kappa shape index (κ2) is 14.4. The van der Waals surface area contributed by atoms with Gasteiger partial charge in [-0.2, -0.15) is 0 Å². The maximum absolute atomic E-state index is 5.92. The Morgan fingerprint density at radius 3 is 2.72 bits per heavy atom. The van der Waals surface area contributed by atoms with Crippen molar-refractivity contribution in [2.75, 3.05) is 46.5 Å². The van der Waals surface area contributed by atoms with Crippen LogP contribution in [0.1, 0.15) is 45.1 Å². The molecule has 0 bridgehead atoms. The minimum absolute atomic E-state index is 0.369. The lowest BCUT2D eigenvalue weighted by Crippen LogP contribution is -2.40. The highest BCUT2D eigenvalue weighted by Gasteiger charge is 2.13. The molecule has 0 spiro atoms. The summed E-state index contributed by atoms with van der Waals surface area (Å²) in [5.74, 6) is 0.900. The summed E-state index contributed by atoms with van der Waals surface area (Å²) in [7, 11) is 2.19. The summed E-state index contributed by atoms with van der Waals surface area (Å²) in [5, 5.41) is 6.80. The van der Waals surface area contributed by atoms with Gasteiger partial charge in [-0.3, -0.25) is 9.89 Å². The van der Waals surface area contributed by atoms with E-state index in [0.29, 0.717) is 12.1 Å². The minimum Gasteiger partial charge on any atom is -0.381 e. The van der Waals surface area contributed by atoms with Crippen molar-refractivity contribution in [3.8, 4) is 0 Å². The van der Waals surface area contributed by atoms with E-state index in [-0.39, 0.29) is 0 Å². The van der Waals surface area contributed by atoms with Gasteiger partial charge in [-0.1, -0.05) is 30.3 Å². The number of nitrogens with one attached hydrogen (secondary N) is 2. The molecule has 1 unspecified atom stereocenters. The second-order valence-corrected chi connectivity index (χ2v) is 7.76. The molecule has 0 aromatic heterocycles. The monoisotopic (exact) mass is 404 g/mol. The molecule has 29 heavy (non-hydrogen) atoms. The minimum atomic E-state index is 0.369. The fraction of sp³-hybridized carbons (Fsp3) is 0.696. The first-order valence-corrected chi connectivity index (χ1v) is 11.1. The van der Waals surface area contributed by atoms with Crippen LogP contribution < -0.4 is 10.6 Å². The van der Waals surface area contributed by atoms with Crippen LogP contribution in [0.4, 0.5) is 0 Å². The topological polar surface area (TPSA) is 58.1 Å². The Morgan fingerprint density at radius 2 is 2.00 bits per heavy atom. The number of rotatable bonds is 12. The van der Waals surface area contributed by atoms with E-state index in [1.165, 1.54) is 5.56 Å². The molecule has 2 rings (SSSR count). The van der Waals surface area contributed by atoms with Crippen LogP contribution in [-0.2, 0) is 16.0 Å². The van der Waals surface area contributed by atoms with Crippen molar-refractivity contribution < 1.29 is 9.47 Å². The summed E-state index contributed by atoms with van der Waals surface area (Å²) in [6.07, 6.45) is 4.42. The van der Waals surface area contributed by atoms with Crippen LogP contribution in [-0.4, -0.2) is 69.5 Å². The molecule has 1 atom stereocenters. The fourth-order valence-corrected chi connectivity index (χ4v) is 3.34. The standard InChI is InChI=1S/C23H40N4O2/c1-4-24-23(25-14-8-16-29-22-12-17-28-18-13-22)26-15-11-20(2)27(3)19-21-9-6-5-7-10-21/h5-7,9-10,20,22H,4,8,11-19H2,1-3H3,(H2,24,25,26). The number of nitrogens with zero attached hydrogens (tertiary/aromatic N) is 2. The Bertz CT molecular complexity index is 561. The SMILES string of the molecule is CCNC(=NCCCOC1CCOCC1)NCCC(C)N(C)Cc1ccccc1. The quantitative estimate of drug-likeness (QED) is 0.319. The predicted octanol–water partition coefficient (Wildman–Crippen LogP) is 3.04. The zero-order valence-electron chi connectivity index (χ0n) is 18.5. The van der Waals surface area contributed by atoms with Crippen molar-refractivity contribution in [2.24, 2.45) is 4.99 Å². The summed E-state index contributed by atoms with van der Waals surface area (Å²) in [4.78, 5) is 7.08. The molecule has 0 amide bonds. The Hall–Kier alpha value is -1.63. The molecule has 0 radical (unpaired) electrons. The average Bonchev–Trinajstić information content (AvgIpc) is 2.74. The number of ether oxygens (including phenoxy) is 2. The molecule has 6 heteroatoms. The molecule has 6 nitrogen and oxygen atoms in total. The number of hydrogen-bond acceptors (Lipinski definition) is 4. The number of guanidine groups is 1. The van der Waals surface area contributed by atoms with Crippen LogP contribution in [0.2, 0.25) is 0 Å². The first-order chi connectivity index (χ1) is 14.2. The van der Waals surface area contributed by atoms with E-state index in [9.17, 15) is 0 Å². The largest absolute Gasteiger partial charge is 0.381 e. The summed E-state index contributed by atoms with van der Waals surface area (Å²) in [6, 6.07) is 11.1. The van der Waals surface area contributed by atoms with E-state index < -0.39 is 0 Å². The van der Waals surface area contributed by atoms with E-state index in [4.69, 9.17) is 9.47 Å². The lowest BCUT2D eigenvalue weighted by Gasteiger charge is -2.25. The normalized spacial score (nSPS) is 16.8. The first-order valence-electron chi connectivity index (χ1n) is 11.1. The smallest absolute Gasteiger partial charge is 0.191 e. The van der Waals surface area contributed by atoms with E-state index in [0.717, 1.165) is 77.6 Å². The molecule has 1 fully saturated rings. The zero-order valence-corrected chi connectivity index (χ0v) is 18.5. The Kier molecular flexibility index (Phi) is 11.7. The third kappa shape index (κ3) is 10.1. The highest BCUT2D eigenvalue weighted by Crippen LogP contribution is 2.10. The highest BCUT2D eigenvalue weighted by atomic mass is 16.5. The van der Waals surface area contributed by atoms with Crippen LogP contribution in [0.25, 0.3) is 0 Å². The Morgan fingerprint density at radius 1 is 1.24 bits per heavy atom. The molecule has 1 aliphatic heterocycles. The van der Waals surface area contributed by atoms with Crippen molar-refractivity contribution in [2.45, 2.75) is 58.2 Å². The maximum Gasteiger partial charge on any atom is 0.191 e. The fourth-order valence-electron chi connectivity index (χ4n) is 3.34. The van der Waals surface area contributed by atoms with Gasteiger partial charge in [0, 0.05) is 52.0 Å². The predicted molar refractivity (Wildman–Crippen MR) is 120 cm³/mol. The first kappa shape index (κ1) is 23.6. The van der Waals surface area contributed by atoms with Gasteiger partial charge in [0.05, 0.1) is 6.10 Å². The van der Waals surface area contributed by atoms with Gasteiger partial charge in [-0.25, -0.2) is 0 Å². The number of aliphatic imine (C=N–C) groups is 1. The molecule has 1 heterocycles. The molecule has 0 saturated carbocycles. The zero-order chi connectivity index (χ0) is 20.7. The molecule has 2 N–H and O–H groups in total. The summed E-state index contributed by atoms with van der Waals surface area (Å²) >= 11 is 0. The lowest BCUT2D eigenvalue weighted by molar-refractivity contribution is -0.0318. The van der Waals surface area contributed by atoms with Gasteiger partial charge in [0.2, 0.25) is 0 Å². The molecule has 1 aromatic rings. The van der Waals surface area contributed by atoms with E-state index >= 15 is 0 Å². The van der Waals surface area contributed by atoms with E-state index in [2.05, 4.69) is 71.8 Å². The maximum atomic E-state index is 5.92. The van der Waals surface area contributed by atoms with E-state index in [1.807, 2.05) is 0 Å². The molecule has 164 valence electrons. The van der Waals surface area contributed by atoms with Crippen LogP contribution in [0.15, 0.2) is 35.3 Å². The molecule has 1 saturated heterocycles. The van der Waals surface area contributed by atoms with Crippen LogP contribution in [0.5, 0.6) is 0 Å². The van der Waals surface area contributed by atoms with Gasteiger partial charge in [0.25, 0.3) is 0 Å². The van der Waals surface area contributed by atoms with Crippen molar-refractivity contribution >= 4 is 5.96 Å². The Labute approximate surface area is 177 Å². The van der Waals surface area contributed by atoms with Gasteiger partial charge in [0.15, 0.2) is 5.96 Å². The third-order valence-electron chi connectivity index (χ3n) is 5.32. The second-order valence-electron chi connectivity index (χ2n) is 7.76. The average molecular weight is 405 g/mol. The van der Waals surface area contributed by atoms with Gasteiger partial charge in [0.1, 0.15) is 0 Å². The Balaban J connectivity index is 1.62. The van der Waals surface area contributed by atoms with Crippen molar-refractivity contribution in [1.82, 2.24) is 15.5 Å². The highest BCUT2D eigenvalue weighted by molar-refractivity contribution is 5.79. The lowest BCUT2D eigenvalue weighted by atomic mass is 10.1. The number of hydrogen-bond donors (Lipinski definition) is 2. The third-order valence-corrected chi connectivity index (χ3v) is 5.32. The van der Waals surface area contributed by atoms with Crippen LogP contribution >= 0.6 is 0 Å². The summed E-state index contributed by atoms with van der Waals surface area (Å²) in [5.41, 5.74) is 1.35. The van der Waals surface area contributed by atoms with Crippen molar-refractivity contribution in [3.63, 3.8) is 0 Å². The molecule has 1 aromatic carbocycles. The van der Waals surface area contributed by atoms with E-state index in [1.54, 1.807) is 0 Å². The van der Waals surface area contributed by atoms with Gasteiger partial charge >= 0.3 is 0 Å². The van der Waals surface area contributed by atoms with Gasteiger partial charge in [-0.15, -0.1) is 0 Å².